The van der Waals surface area contributed by atoms with Crippen LogP contribution in [0.4, 0.5) is 4.39 Å². The zero-order valence-corrected chi connectivity index (χ0v) is 15.1. The number of halogens is 2. The van der Waals surface area contributed by atoms with Crippen LogP contribution in [-0.2, 0) is 4.74 Å². The van der Waals surface area contributed by atoms with Gasteiger partial charge in [0.2, 0.25) is 5.89 Å². The minimum absolute atomic E-state index is 0.140. The van der Waals surface area contributed by atoms with Gasteiger partial charge in [-0.25, -0.2) is 9.18 Å². The highest BCUT2D eigenvalue weighted by Gasteiger charge is 2.22. The molecule has 7 heteroatoms. The van der Waals surface area contributed by atoms with Crippen molar-refractivity contribution >= 4 is 21.9 Å². The summed E-state index contributed by atoms with van der Waals surface area (Å²) in [5.41, 5.74) is 1.72. The second-order valence-electron chi connectivity index (χ2n) is 5.48. The Morgan fingerprint density at radius 3 is 2.60 bits per heavy atom. The van der Waals surface area contributed by atoms with E-state index in [0.717, 1.165) is 11.1 Å². The first-order valence-corrected chi connectivity index (χ1v) is 8.30. The molecule has 3 rings (SSSR count). The molecule has 128 valence electrons. The number of benzene rings is 2. The van der Waals surface area contributed by atoms with Gasteiger partial charge in [0.25, 0.3) is 5.89 Å². The van der Waals surface area contributed by atoms with E-state index in [0.29, 0.717) is 10.4 Å². The van der Waals surface area contributed by atoms with Gasteiger partial charge in [-0.1, -0.05) is 33.6 Å². The van der Waals surface area contributed by atoms with Crippen molar-refractivity contribution in [1.29, 1.82) is 0 Å². The van der Waals surface area contributed by atoms with Crippen LogP contribution in [0.2, 0.25) is 0 Å². The highest BCUT2D eigenvalue weighted by Crippen LogP contribution is 2.24. The number of rotatable bonds is 4. The van der Waals surface area contributed by atoms with Crippen molar-refractivity contribution in [1.82, 2.24) is 10.2 Å². The van der Waals surface area contributed by atoms with Crippen LogP contribution in [0.25, 0.3) is 11.5 Å². The monoisotopic (exact) mass is 404 g/mol. The summed E-state index contributed by atoms with van der Waals surface area (Å²) in [7, 11) is 0. The second-order valence-corrected chi connectivity index (χ2v) is 6.40. The molecule has 0 spiro atoms. The highest BCUT2D eigenvalue weighted by atomic mass is 79.9. The predicted octanol–water partition coefficient (Wildman–Crippen LogP) is 4.86. The molecular weight excluding hydrogens is 391 g/mol. The first-order chi connectivity index (χ1) is 11.9. The molecule has 1 heterocycles. The fourth-order valence-electron chi connectivity index (χ4n) is 2.14. The lowest BCUT2D eigenvalue weighted by Gasteiger charge is -2.10. The van der Waals surface area contributed by atoms with Crippen molar-refractivity contribution in [3.05, 3.63) is 69.8 Å². The first kappa shape index (κ1) is 17.3. The van der Waals surface area contributed by atoms with E-state index < -0.39 is 17.9 Å². The average molecular weight is 405 g/mol. The van der Waals surface area contributed by atoms with Gasteiger partial charge >= 0.3 is 5.97 Å². The molecule has 25 heavy (non-hydrogen) atoms. The van der Waals surface area contributed by atoms with Crippen molar-refractivity contribution in [2.75, 3.05) is 0 Å². The van der Waals surface area contributed by atoms with Crippen LogP contribution in [0, 0.1) is 12.7 Å². The van der Waals surface area contributed by atoms with Gasteiger partial charge in [-0.15, -0.1) is 10.2 Å². The van der Waals surface area contributed by atoms with Gasteiger partial charge in [0, 0.05) is 10.0 Å². The Balaban J connectivity index is 1.74. The summed E-state index contributed by atoms with van der Waals surface area (Å²) in [6, 6.07) is 11.7. The van der Waals surface area contributed by atoms with Crippen molar-refractivity contribution in [2.45, 2.75) is 20.0 Å². The number of esters is 1. The fraction of sp³-hybridized carbons (Fsp3) is 0.167. The van der Waals surface area contributed by atoms with Gasteiger partial charge in [0.05, 0.1) is 5.56 Å². The van der Waals surface area contributed by atoms with Gasteiger partial charge in [0.1, 0.15) is 5.82 Å². The summed E-state index contributed by atoms with van der Waals surface area (Å²) in [4.78, 5) is 12.1. The molecule has 0 N–H and O–H groups in total. The molecule has 0 aliphatic rings. The van der Waals surface area contributed by atoms with Crippen molar-refractivity contribution in [3.8, 4) is 11.5 Å². The Hall–Kier alpha value is -2.54. The fourth-order valence-corrected chi connectivity index (χ4v) is 2.47. The van der Waals surface area contributed by atoms with E-state index in [1.54, 1.807) is 13.0 Å². The molecule has 0 bridgehead atoms. The molecular formula is C18H14BrFN2O3. The lowest BCUT2D eigenvalue weighted by molar-refractivity contribution is 0.0274. The molecule has 2 aromatic carbocycles. The SMILES string of the molecule is Cc1ccc(-c2nnc([C@@H](C)OC(=O)c3ccc(Br)cc3F)o2)cc1. The Kier molecular flexibility index (Phi) is 4.94. The summed E-state index contributed by atoms with van der Waals surface area (Å²) >= 11 is 3.14. The topological polar surface area (TPSA) is 65.2 Å². The molecule has 0 unspecified atom stereocenters. The van der Waals surface area contributed by atoms with Crippen molar-refractivity contribution in [2.24, 2.45) is 0 Å². The quantitative estimate of drug-likeness (QED) is 0.580. The Morgan fingerprint density at radius 2 is 1.92 bits per heavy atom. The molecule has 0 amide bonds. The number of ether oxygens (including phenoxy) is 1. The van der Waals surface area contributed by atoms with Crippen LogP contribution in [0.15, 0.2) is 51.4 Å². The number of carbonyl (C=O) groups is 1. The second kappa shape index (κ2) is 7.14. The lowest BCUT2D eigenvalue weighted by atomic mass is 10.1. The molecule has 0 fully saturated rings. The number of hydrogen-bond acceptors (Lipinski definition) is 5. The van der Waals surface area contributed by atoms with Gasteiger partial charge in [-0.05, 0) is 44.2 Å². The third-order valence-corrected chi connectivity index (χ3v) is 4.02. The summed E-state index contributed by atoms with van der Waals surface area (Å²) < 4.78 is 25.1. The molecule has 3 aromatic rings. The normalized spacial score (nSPS) is 12.0. The van der Waals surface area contributed by atoms with Gasteiger partial charge < -0.3 is 9.15 Å². The third kappa shape index (κ3) is 3.93. The van der Waals surface area contributed by atoms with Crippen LogP contribution in [0.3, 0.4) is 0 Å². The standard InChI is InChI=1S/C18H14BrFN2O3/c1-10-3-5-12(6-4-10)17-22-21-16(25-17)11(2)24-18(23)14-8-7-13(19)9-15(14)20/h3-9,11H,1-2H3/t11-/m1/s1. The number of hydrogen-bond donors (Lipinski definition) is 0. The van der Waals surface area contributed by atoms with Crippen molar-refractivity contribution < 1.29 is 18.3 Å². The maximum atomic E-state index is 13.8. The third-order valence-electron chi connectivity index (χ3n) is 3.52. The van der Waals surface area contributed by atoms with Crippen LogP contribution in [-0.4, -0.2) is 16.2 Å². The minimum Gasteiger partial charge on any atom is -0.449 e. The molecule has 0 aliphatic heterocycles. The van der Waals surface area contributed by atoms with Gasteiger partial charge in [0.15, 0.2) is 6.10 Å². The number of aromatic nitrogens is 2. The van der Waals surface area contributed by atoms with E-state index in [-0.39, 0.29) is 11.5 Å². The summed E-state index contributed by atoms with van der Waals surface area (Å²) in [6.07, 6.45) is -0.803. The smallest absolute Gasteiger partial charge is 0.341 e. The Bertz CT molecular complexity index is 909. The lowest BCUT2D eigenvalue weighted by Crippen LogP contribution is -2.11. The minimum atomic E-state index is -0.803. The van der Waals surface area contributed by atoms with Gasteiger partial charge in [-0.3, -0.25) is 0 Å². The largest absolute Gasteiger partial charge is 0.449 e. The van der Waals surface area contributed by atoms with Crippen LogP contribution in [0.5, 0.6) is 0 Å². The molecule has 0 saturated heterocycles. The van der Waals surface area contributed by atoms with Crippen LogP contribution in [0.1, 0.15) is 34.8 Å². The van der Waals surface area contributed by atoms with Crippen LogP contribution < -0.4 is 0 Å². The van der Waals surface area contributed by atoms with E-state index in [1.165, 1.54) is 12.1 Å². The molecule has 1 atom stereocenters. The Morgan fingerprint density at radius 1 is 1.20 bits per heavy atom. The zero-order valence-electron chi connectivity index (χ0n) is 13.5. The van der Waals surface area contributed by atoms with E-state index >= 15 is 0 Å². The summed E-state index contributed by atoms with van der Waals surface area (Å²) in [5.74, 6) is -1.00. The average Bonchev–Trinajstić information content (AvgIpc) is 3.05. The van der Waals surface area contributed by atoms with E-state index in [4.69, 9.17) is 9.15 Å². The van der Waals surface area contributed by atoms with Gasteiger partial charge in [-0.2, -0.15) is 0 Å². The van der Waals surface area contributed by atoms with Crippen LogP contribution >= 0.6 is 15.9 Å². The molecule has 1 aromatic heterocycles. The first-order valence-electron chi connectivity index (χ1n) is 7.50. The number of carbonyl (C=O) groups excluding carboxylic acids is 1. The Labute approximate surface area is 152 Å². The summed E-state index contributed by atoms with van der Waals surface area (Å²) in [6.45, 7) is 3.56. The number of aryl methyl sites for hydroxylation is 1. The maximum absolute atomic E-state index is 13.8. The van der Waals surface area contributed by atoms with E-state index in [2.05, 4.69) is 26.1 Å². The highest BCUT2D eigenvalue weighted by molar-refractivity contribution is 9.10. The molecule has 0 radical (unpaired) electrons. The molecule has 0 saturated carbocycles. The number of nitrogens with zero attached hydrogens (tertiary/aromatic N) is 2. The molecule has 5 nitrogen and oxygen atoms in total. The van der Waals surface area contributed by atoms with E-state index in [9.17, 15) is 9.18 Å². The predicted molar refractivity (Wildman–Crippen MR) is 92.4 cm³/mol. The van der Waals surface area contributed by atoms with E-state index in [1.807, 2.05) is 31.2 Å². The van der Waals surface area contributed by atoms with Crippen molar-refractivity contribution in [3.63, 3.8) is 0 Å². The molecule has 0 aliphatic carbocycles. The summed E-state index contributed by atoms with van der Waals surface area (Å²) in [5, 5.41) is 7.86. The maximum Gasteiger partial charge on any atom is 0.341 e. The zero-order chi connectivity index (χ0) is 18.0.